The lowest BCUT2D eigenvalue weighted by Crippen LogP contribution is -2.21. The summed E-state index contributed by atoms with van der Waals surface area (Å²) in [4.78, 5) is 8.96. The first-order chi connectivity index (χ1) is 9.12. The van der Waals surface area contributed by atoms with Gasteiger partial charge in [-0.15, -0.1) is 0 Å². The molecule has 1 rings (SSSR count). The van der Waals surface area contributed by atoms with Crippen molar-refractivity contribution in [3.8, 4) is 0 Å². The van der Waals surface area contributed by atoms with Gasteiger partial charge in [0.15, 0.2) is 0 Å². The summed E-state index contributed by atoms with van der Waals surface area (Å²) >= 11 is 0. The molecule has 1 unspecified atom stereocenters. The number of aromatic nitrogens is 2. The minimum absolute atomic E-state index is 0.286. The monoisotopic (exact) mass is 267 g/mol. The fourth-order valence-corrected chi connectivity index (χ4v) is 1.78. The van der Waals surface area contributed by atoms with Gasteiger partial charge in [-0.25, -0.2) is 15.8 Å². The number of rotatable bonds is 8. The molecule has 0 fully saturated rings. The van der Waals surface area contributed by atoms with Gasteiger partial charge in [0.25, 0.3) is 0 Å². The third-order valence-corrected chi connectivity index (χ3v) is 2.94. The van der Waals surface area contributed by atoms with Crippen LogP contribution >= 0.6 is 0 Å². The van der Waals surface area contributed by atoms with Gasteiger partial charge in [-0.05, 0) is 26.7 Å². The van der Waals surface area contributed by atoms with Gasteiger partial charge in [0.05, 0.1) is 0 Å². The number of anilines is 2. The maximum Gasteiger partial charge on any atom is 0.148 e. The van der Waals surface area contributed by atoms with Crippen LogP contribution in [-0.4, -0.2) is 29.7 Å². The number of methoxy groups -OCH3 is 1. The molecule has 1 atom stereocenters. The number of nitrogens with zero attached hydrogens (tertiary/aromatic N) is 2. The quantitative estimate of drug-likeness (QED) is 0.492. The Labute approximate surface area is 115 Å². The van der Waals surface area contributed by atoms with Crippen LogP contribution in [0.25, 0.3) is 0 Å². The molecule has 4 N–H and O–H groups in total. The van der Waals surface area contributed by atoms with Crippen LogP contribution in [0.5, 0.6) is 0 Å². The standard InChI is InChI=1S/C13H25N5O/c1-5-6-11-16-12(10(3)13(17-11)18-14)15-9(2)7-8-19-4/h9H,5-8,14H2,1-4H3,(H2,15,16,17,18). The number of ether oxygens (including phenoxy) is 1. The normalized spacial score (nSPS) is 12.3. The van der Waals surface area contributed by atoms with Gasteiger partial charge in [0.1, 0.15) is 17.5 Å². The minimum atomic E-state index is 0.286. The summed E-state index contributed by atoms with van der Waals surface area (Å²) in [7, 11) is 1.71. The molecule has 0 bridgehead atoms. The molecular formula is C13H25N5O. The molecule has 0 radical (unpaired) electrons. The van der Waals surface area contributed by atoms with Crippen LogP contribution in [0.2, 0.25) is 0 Å². The molecule has 0 spiro atoms. The van der Waals surface area contributed by atoms with Crippen LogP contribution in [0.3, 0.4) is 0 Å². The number of hydrazine groups is 1. The molecule has 0 aliphatic carbocycles. The van der Waals surface area contributed by atoms with Crippen molar-refractivity contribution in [3.05, 3.63) is 11.4 Å². The van der Waals surface area contributed by atoms with E-state index in [4.69, 9.17) is 10.6 Å². The van der Waals surface area contributed by atoms with Gasteiger partial charge < -0.3 is 15.5 Å². The van der Waals surface area contributed by atoms with Gasteiger partial charge >= 0.3 is 0 Å². The largest absolute Gasteiger partial charge is 0.385 e. The zero-order valence-corrected chi connectivity index (χ0v) is 12.3. The summed E-state index contributed by atoms with van der Waals surface area (Å²) in [6.07, 6.45) is 2.77. The van der Waals surface area contributed by atoms with Crippen molar-refractivity contribution in [2.24, 2.45) is 5.84 Å². The average molecular weight is 267 g/mol. The lowest BCUT2D eigenvalue weighted by Gasteiger charge is -2.18. The zero-order valence-electron chi connectivity index (χ0n) is 12.3. The van der Waals surface area contributed by atoms with E-state index in [2.05, 4.69) is 34.6 Å². The van der Waals surface area contributed by atoms with Gasteiger partial charge in [-0.1, -0.05) is 6.92 Å². The number of nitrogen functional groups attached to an aromatic ring is 1. The van der Waals surface area contributed by atoms with Crippen LogP contribution in [0, 0.1) is 6.92 Å². The van der Waals surface area contributed by atoms with Gasteiger partial charge in [0, 0.05) is 31.7 Å². The summed E-state index contributed by atoms with van der Waals surface area (Å²) in [5, 5.41) is 3.39. The smallest absolute Gasteiger partial charge is 0.148 e. The molecule has 0 saturated heterocycles. The van der Waals surface area contributed by atoms with Gasteiger partial charge in [-0.3, -0.25) is 0 Å². The van der Waals surface area contributed by atoms with Crippen LogP contribution in [0.1, 0.15) is 38.1 Å². The second-order valence-corrected chi connectivity index (χ2v) is 4.68. The molecule has 1 aromatic heterocycles. The van der Waals surface area contributed by atoms with Crippen molar-refractivity contribution in [1.82, 2.24) is 9.97 Å². The summed E-state index contributed by atoms with van der Waals surface area (Å²) in [5.74, 6) is 7.84. The third-order valence-electron chi connectivity index (χ3n) is 2.94. The molecule has 0 saturated carbocycles. The van der Waals surface area contributed by atoms with Crippen molar-refractivity contribution < 1.29 is 4.74 Å². The van der Waals surface area contributed by atoms with E-state index in [1.54, 1.807) is 7.11 Å². The van der Waals surface area contributed by atoms with E-state index in [-0.39, 0.29) is 6.04 Å². The molecule has 0 aliphatic rings. The van der Waals surface area contributed by atoms with E-state index >= 15 is 0 Å². The Bertz CT molecular complexity index is 397. The van der Waals surface area contributed by atoms with E-state index in [0.29, 0.717) is 5.82 Å². The fraction of sp³-hybridized carbons (Fsp3) is 0.692. The first-order valence-electron chi connectivity index (χ1n) is 6.71. The highest BCUT2D eigenvalue weighted by molar-refractivity contribution is 5.57. The molecular weight excluding hydrogens is 242 g/mol. The average Bonchev–Trinajstić information content (AvgIpc) is 2.40. The van der Waals surface area contributed by atoms with Crippen molar-refractivity contribution in [2.75, 3.05) is 24.5 Å². The number of nitrogens with two attached hydrogens (primary N) is 1. The van der Waals surface area contributed by atoms with Crippen LogP contribution in [-0.2, 0) is 11.2 Å². The maximum absolute atomic E-state index is 5.51. The SMILES string of the molecule is CCCc1nc(NN)c(C)c(NC(C)CCOC)n1. The summed E-state index contributed by atoms with van der Waals surface area (Å²) in [6, 6.07) is 0.286. The zero-order chi connectivity index (χ0) is 14.3. The van der Waals surface area contributed by atoms with E-state index in [1.165, 1.54) is 0 Å². The number of aryl methyl sites for hydroxylation is 1. The predicted molar refractivity (Wildman–Crippen MR) is 78.2 cm³/mol. The van der Waals surface area contributed by atoms with Gasteiger partial charge in [0.2, 0.25) is 0 Å². The summed E-state index contributed by atoms with van der Waals surface area (Å²) in [6.45, 7) is 6.89. The van der Waals surface area contributed by atoms with Gasteiger partial charge in [-0.2, -0.15) is 0 Å². The Hall–Kier alpha value is -1.40. The minimum Gasteiger partial charge on any atom is -0.385 e. The van der Waals surface area contributed by atoms with Crippen LogP contribution < -0.4 is 16.6 Å². The van der Waals surface area contributed by atoms with Crippen molar-refractivity contribution in [2.45, 2.75) is 46.1 Å². The highest BCUT2D eigenvalue weighted by atomic mass is 16.5. The lowest BCUT2D eigenvalue weighted by atomic mass is 10.2. The second kappa shape index (κ2) is 7.91. The number of hydrogen-bond donors (Lipinski definition) is 3. The maximum atomic E-state index is 5.51. The third kappa shape index (κ3) is 4.65. The Balaban J connectivity index is 2.88. The number of nitrogens with one attached hydrogen (secondary N) is 2. The van der Waals surface area contributed by atoms with E-state index in [1.807, 2.05) is 6.92 Å². The number of hydrogen-bond acceptors (Lipinski definition) is 6. The van der Waals surface area contributed by atoms with E-state index < -0.39 is 0 Å². The molecule has 1 aromatic rings. The Morgan fingerprint density at radius 3 is 2.58 bits per heavy atom. The lowest BCUT2D eigenvalue weighted by molar-refractivity contribution is 0.191. The Kier molecular flexibility index (Phi) is 6.52. The molecule has 0 amide bonds. The van der Waals surface area contributed by atoms with Crippen molar-refractivity contribution >= 4 is 11.6 Å². The van der Waals surface area contributed by atoms with E-state index in [9.17, 15) is 0 Å². The Morgan fingerprint density at radius 1 is 1.32 bits per heavy atom. The fourth-order valence-electron chi connectivity index (χ4n) is 1.78. The molecule has 6 heteroatoms. The van der Waals surface area contributed by atoms with E-state index in [0.717, 1.165) is 43.1 Å². The van der Waals surface area contributed by atoms with Crippen molar-refractivity contribution in [1.29, 1.82) is 0 Å². The Morgan fingerprint density at radius 2 is 2.00 bits per heavy atom. The molecule has 19 heavy (non-hydrogen) atoms. The summed E-state index contributed by atoms with van der Waals surface area (Å²) in [5.41, 5.74) is 3.57. The summed E-state index contributed by atoms with van der Waals surface area (Å²) < 4.78 is 5.08. The van der Waals surface area contributed by atoms with Crippen LogP contribution in [0.15, 0.2) is 0 Å². The molecule has 1 heterocycles. The van der Waals surface area contributed by atoms with Crippen molar-refractivity contribution in [3.63, 3.8) is 0 Å². The van der Waals surface area contributed by atoms with Crippen LogP contribution in [0.4, 0.5) is 11.6 Å². The predicted octanol–water partition coefficient (Wildman–Crippen LogP) is 1.86. The first kappa shape index (κ1) is 15.7. The highest BCUT2D eigenvalue weighted by Gasteiger charge is 2.12. The highest BCUT2D eigenvalue weighted by Crippen LogP contribution is 2.20. The molecule has 0 aliphatic heterocycles. The first-order valence-corrected chi connectivity index (χ1v) is 6.71. The molecule has 0 aromatic carbocycles. The molecule has 6 nitrogen and oxygen atoms in total. The topological polar surface area (TPSA) is 85.1 Å². The second-order valence-electron chi connectivity index (χ2n) is 4.68. The molecule has 108 valence electrons.